The van der Waals surface area contributed by atoms with Gasteiger partial charge in [0.15, 0.2) is 0 Å². The number of rotatable bonds is 4. The van der Waals surface area contributed by atoms with Crippen molar-refractivity contribution in [3.05, 3.63) is 62.6 Å². The summed E-state index contributed by atoms with van der Waals surface area (Å²) in [6.45, 7) is 3.36. The van der Waals surface area contributed by atoms with E-state index in [0.717, 1.165) is 23.5 Å². The van der Waals surface area contributed by atoms with Gasteiger partial charge in [-0.15, -0.1) is 11.3 Å². The first kappa shape index (κ1) is 13.9. The Morgan fingerprint density at radius 1 is 1.29 bits per heavy atom. The molecule has 3 rings (SSSR count). The number of pyridine rings is 1. The topological polar surface area (TPSA) is 50.5 Å². The number of hydrogen-bond donors (Lipinski definition) is 0. The van der Waals surface area contributed by atoms with E-state index >= 15 is 0 Å². The zero-order chi connectivity index (χ0) is 14.8. The molecule has 3 aromatic heterocycles. The van der Waals surface area contributed by atoms with Gasteiger partial charge in [0.05, 0.1) is 16.9 Å². The predicted molar refractivity (Wildman–Crippen MR) is 83.5 cm³/mol. The summed E-state index contributed by atoms with van der Waals surface area (Å²) in [7, 11) is 2.00. The van der Waals surface area contributed by atoms with Crippen LogP contribution < -0.4 is 5.56 Å². The normalized spacial score (nSPS) is 11.4. The van der Waals surface area contributed by atoms with E-state index in [4.69, 9.17) is 0 Å². The largest absolute Gasteiger partial charge is 0.295 e. The molecular formula is C15H16N4OS. The van der Waals surface area contributed by atoms with Gasteiger partial charge < -0.3 is 0 Å². The van der Waals surface area contributed by atoms with E-state index in [0.29, 0.717) is 12.2 Å². The lowest BCUT2D eigenvalue weighted by Crippen LogP contribution is -2.22. The lowest BCUT2D eigenvalue weighted by molar-refractivity contribution is 0.312. The fourth-order valence-corrected chi connectivity index (χ4v) is 2.81. The summed E-state index contributed by atoms with van der Waals surface area (Å²) in [6, 6.07) is 5.43. The second kappa shape index (κ2) is 5.75. The third kappa shape index (κ3) is 3.17. The van der Waals surface area contributed by atoms with Gasteiger partial charge in [-0.3, -0.25) is 14.1 Å². The molecule has 0 amide bonds. The van der Waals surface area contributed by atoms with E-state index in [2.05, 4.69) is 14.9 Å². The summed E-state index contributed by atoms with van der Waals surface area (Å²) in [5.74, 6) is 0. The molecule has 0 aliphatic heterocycles. The van der Waals surface area contributed by atoms with Gasteiger partial charge in [0.1, 0.15) is 5.65 Å². The predicted octanol–water partition coefficient (Wildman–Crippen LogP) is 2.09. The zero-order valence-electron chi connectivity index (χ0n) is 12.0. The van der Waals surface area contributed by atoms with Crippen LogP contribution in [0.5, 0.6) is 0 Å². The first-order chi connectivity index (χ1) is 10.1. The van der Waals surface area contributed by atoms with Crippen molar-refractivity contribution in [1.82, 2.24) is 19.3 Å². The Hall–Kier alpha value is -2.05. The Kier molecular flexibility index (Phi) is 3.81. The van der Waals surface area contributed by atoms with E-state index < -0.39 is 0 Å². The molecule has 0 N–H and O–H groups in total. The van der Waals surface area contributed by atoms with Crippen molar-refractivity contribution in [3.8, 4) is 0 Å². The molecule has 0 aromatic carbocycles. The maximum Gasteiger partial charge on any atom is 0.258 e. The van der Waals surface area contributed by atoms with E-state index in [1.54, 1.807) is 28.0 Å². The summed E-state index contributed by atoms with van der Waals surface area (Å²) >= 11 is 1.59. The number of hydrogen-bond acceptors (Lipinski definition) is 5. The fraction of sp³-hybridized carbons (Fsp3) is 0.267. The smallest absolute Gasteiger partial charge is 0.258 e. The summed E-state index contributed by atoms with van der Waals surface area (Å²) in [5, 5.41) is 2.03. The van der Waals surface area contributed by atoms with Crippen LogP contribution in [0.2, 0.25) is 0 Å². The molecule has 21 heavy (non-hydrogen) atoms. The summed E-state index contributed by atoms with van der Waals surface area (Å²) in [6.07, 6.45) is 1.77. The number of aromatic nitrogens is 3. The van der Waals surface area contributed by atoms with Gasteiger partial charge in [-0.1, -0.05) is 0 Å². The molecule has 5 nitrogen and oxygen atoms in total. The molecule has 0 saturated carbocycles. The molecule has 6 heteroatoms. The minimum absolute atomic E-state index is 0.0444. The molecule has 0 atom stereocenters. The van der Waals surface area contributed by atoms with Gasteiger partial charge >= 0.3 is 0 Å². The van der Waals surface area contributed by atoms with Crippen LogP contribution in [0.4, 0.5) is 0 Å². The second-order valence-corrected chi connectivity index (χ2v) is 5.89. The standard InChI is InChI=1S/C15H16N4OS/c1-11-3-4-19-14(5-11)17-12(6-15(19)20)7-18(2)8-13-9-21-10-16-13/h3-6,9-10H,7-8H2,1-2H3. The summed E-state index contributed by atoms with van der Waals surface area (Å²) in [5.41, 5.74) is 5.39. The van der Waals surface area contributed by atoms with Crippen LogP contribution in [0, 0.1) is 6.92 Å². The first-order valence-electron chi connectivity index (χ1n) is 6.66. The van der Waals surface area contributed by atoms with Crippen molar-refractivity contribution >= 4 is 17.0 Å². The number of nitrogens with zero attached hydrogens (tertiary/aromatic N) is 4. The molecule has 0 spiro atoms. The van der Waals surface area contributed by atoms with Crippen molar-refractivity contribution < 1.29 is 0 Å². The molecule has 3 aromatic rings. The van der Waals surface area contributed by atoms with Gasteiger partial charge in [0.25, 0.3) is 5.56 Å². The molecule has 0 saturated heterocycles. The fourth-order valence-electron chi connectivity index (χ4n) is 2.26. The maximum atomic E-state index is 12.1. The molecule has 3 heterocycles. The Balaban J connectivity index is 1.85. The third-order valence-electron chi connectivity index (χ3n) is 3.22. The Morgan fingerprint density at radius 3 is 2.86 bits per heavy atom. The molecule has 0 bridgehead atoms. The molecule has 0 unspecified atom stereocenters. The average Bonchev–Trinajstić information content (AvgIpc) is 2.90. The number of fused-ring (bicyclic) bond motifs is 1. The van der Waals surface area contributed by atoms with Crippen LogP contribution in [0.1, 0.15) is 17.0 Å². The molecule has 0 aliphatic carbocycles. The molecule has 0 fully saturated rings. The molecule has 0 radical (unpaired) electrons. The summed E-state index contributed by atoms with van der Waals surface area (Å²) in [4.78, 5) is 23.0. The van der Waals surface area contributed by atoms with Crippen LogP contribution in [-0.4, -0.2) is 26.3 Å². The SMILES string of the molecule is Cc1ccn2c(=O)cc(CN(C)Cc3cscn3)nc2c1. The Morgan fingerprint density at radius 2 is 2.10 bits per heavy atom. The van der Waals surface area contributed by atoms with Crippen molar-refractivity contribution in [1.29, 1.82) is 0 Å². The van der Waals surface area contributed by atoms with Crippen molar-refractivity contribution in [2.75, 3.05) is 7.05 Å². The zero-order valence-corrected chi connectivity index (χ0v) is 12.8. The van der Waals surface area contributed by atoms with Crippen molar-refractivity contribution in [2.45, 2.75) is 20.0 Å². The lowest BCUT2D eigenvalue weighted by atomic mass is 10.3. The average molecular weight is 300 g/mol. The molecule has 0 aliphatic rings. The highest BCUT2D eigenvalue weighted by Gasteiger charge is 2.07. The lowest BCUT2D eigenvalue weighted by Gasteiger charge is -2.15. The Bertz CT molecular complexity index is 810. The number of thiazole rings is 1. The van der Waals surface area contributed by atoms with Crippen molar-refractivity contribution in [3.63, 3.8) is 0 Å². The van der Waals surface area contributed by atoms with E-state index in [-0.39, 0.29) is 5.56 Å². The third-order valence-corrected chi connectivity index (χ3v) is 3.86. The van der Waals surface area contributed by atoms with Gasteiger partial charge in [-0.25, -0.2) is 9.97 Å². The second-order valence-electron chi connectivity index (χ2n) is 5.17. The van der Waals surface area contributed by atoms with Gasteiger partial charge in [-0.05, 0) is 31.7 Å². The van der Waals surface area contributed by atoms with Crippen LogP contribution in [-0.2, 0) is 13.1 Å². The van der Waals surface area contributed by atoms with Crippen LogP contribution in [0.15, 0.2) is 40.1 Å². The quantitative estimate of drug-likeness (QED) is 0.740. The molecule has 108 valence electrons. The van der Waals surface area contributed by atoms with E-state index in [1.807, 2.05) is 37.0 Å². The highest BCUT2D eigenvalue weighted by atomic mass is 32.1. The highest BCUT2D eigenvalue weighted by molar-refractivity contribution is 7.07. The van der Waals surface area contributed by atoms with Crippen molar-refractivity contribution in [2.24, 2.45) is 0 Å². The summed E-state index contributed by atoms with van der Waals surface area (Å²) < 4.78 is 1.57. The van der Waals surface area contributed by atoms with Gasteiger partial charge in [0, 0.05) is 30.7 Å². The molecular weight excluding hydrogens is 284 g/mol. The Labute approximate surface area is 126 Å². The number of aryl methyl sites for hydroxylation is 1. The van der Waals surface area contributed by atoms with E-state index in [1.165, 1.54) is 0 Å². The van der Waals surface area contributed by atoms with Gasteiger partial charge in [0.2, 0.25) is 0 Å². The minimum atomic E-state index is -0.0444. The minimum Gasteiger partial charge on any atom is -0.295 e. The monoisotopic (exact) mass is 300 g/mol. The van der Waals surface area contributed by atoms with E-state index in [9.17, 15) is 4.79 Å². The highest BCUT2D eigenvalue weighted by Crippen LogP contribution is 2.08. The van der Waals surface area contributed by atoms with Crippen LogP contribution >= 0.6 is 11.3 Å². The van der Waals surface area contributed by atoms with Crippen LogP contribution in [0.3, 0.4) is 0 Å². The maximum absolute atomic E-state index is 12.1. The van der Waals surface area contributed by atoms with Crippen LogP contribution in [0.25, 0.3) is 5.65 Å². The van der Waals surface area contributed by atoms with Gasteiger partial charge in [-0.2, -0.15) is 0 Å². The first-order valence-corrected chi connectivity index (χ1v) is 7.60.